The molecule has 0 rings (SSSR count). The van der Waals surface area contributed by atoms with Crippen molar-refractivity contribution in [1.82, 2.24) is 10.3 Å². The summed E-state index contributed by atoms with van der Waals surface area (Å²) in [6.07, 6.45) is 51.8. The third-order valence-corrected chi connectivity index (χ3v) is 9.93. The minimum atomic E-state index is -0.464. The fourth-order valence-electron chi connectivity index (χ4n) is 7.34. The largest absolute Gasteiger partial charge is 0.309 e. The van der Waals surface area contributed by atoms with E-state index in [4.69, 9.17) is 5.10 Å². The molecule has 0 saturated carbocycles. The summed E-state index contributed by atoms with van der Waals surface area (Å²) in [4.78, 5) is 15.5. The number of carbonyl (C=O) groups excluding carboxylic acids is 1. The number of hydrogen-bond acceptors (Lipinski definition) is 3. The molecule has 0 unspecified atom stereocenters. The Hall–Kier alpha value is -1.94. The summed E-state index contributed by atoms with van der Waals surface area (Å²) in [5.74, 6) is 0.0472. The highest BCUT2D eigenvalue weighted by atomic mass is 16.2. The van der Waals surface area contributed by atoms with Gasteiger partial charge in [-0.15, -0.1) is 0 Å². The fourth-order valence-corrected chi connectivity index (χ4v) is 7.34. The van der Waals surface area contributed by atoms with E-state index in [0.29, 0.717) is 0 Å². The van der Waals surface area contributed by atoms with E-state index in [1.54, 1.807) is 0 Å². The van der Waals surface area contributed by atoms with Crippen molar-refractivity contribution in [2.24, 2.45) is 15.9 Å². The maximum atomic E-state index is 13.3. The molecule has 302 valence electrons. The lowest BCUT2D eigenvalue weighted by molar-refractivity contribution is -0.131. The van der Waals surface area contributed by atoms with Crippen LogP contribution in [-0.2, 0) is 4.79 Å². The average molecular weight is 724 g/mol. The summed E-state index contributed by atoms with van der Waals surface area (Å²) in [6, 6.07) is 0. The molecule has 0 aliphatic heterocycles. The SMILES string of the molecule is CCCCCC=CCC=CCCCCCCCCC(CCCCCCCCC=CCC=CCCCCC)=NNC(=O)C(C)(C)CC(C)(C)CN(C)C. The predicted molar refractivity (Wildman–Crippen MR) is 234 cm³/mol. The Kier molecular flexibility index (Phi) is 33.5. The summed E-state index contributed by atoms with van der Waals surface area (Å²) in [5, 5.41) is 4.78. The Balaban J connectivity index is 4.56. The van der Waals surface area contributed by atoms with Gasteiger partial charge >= 0.3 is 0 Å². The van der Waals surface area contributed by atoms with E-state index in [-0.39, 0.29) is 11.3 Å². The molecule has 1 amide bonds. The van der Waals surface area contributed by atoms with Gasteiger partial charge in [0.25, 0.3) is 0 Å². The van der Waals surface area contributed by atoms with Gasteiger partial charge in [0.15, 0.2) is 0 Å². The van der Waals surface area contributed by atoms with Gasteiger partial charge in [0.2, 0.25) is 5.91 Å². The van der Waals surface area contributed by atoms with Crippen LogP contribution in [0, 0.1) is 10.8 Å². The first kappa shape index (κ1) is 50.1. The van der Waals surface area contributed by atoms with Crippen LogP contribution in [0.3, 0.4) is 0 Å². The van der Waals surface area contributed by atoms with E-state index >= 15 is 0 Å². The van der Waals surface area contributed by atoms with Crippen LogP contribution in [0.2, 0.25) is 0 Å². The molecule has 0 aliphatic rings. The lowest BCUT2D eigenvalue weighted by atomic mass is 9.74. The number of allylic oxidation sites excluding steroid dienone is 8. The molecular formula is C48H89N3O. The molecule has 0 saturated heterocycles. The normalized spacial score (nSPS) is 12.8. The van der Waals surface area contributed by atoms with Crippen LogP contribution in [0.1, 0.15) is 215 Å². The monoisotopic (exact) mass is 724 g/mol. The fraction of sp³-hybridized carbons (Fsp3) is 0.792. The molecular weight excluding hydrogens is 635 g/mol. The van der Waals surface area contributed by atoms with Crippen molar-refractivity contribution in [2.75, 3.05) is 20.6 Å². The molecule has 0 aromatic rings. The van der Waals surface area contributed by atoms with Gasteiger partial charge in [-0.2, -0.15) is 5.10 Å². The van der Waals surface area contributed by atoms with Crippen molar-refractivity contribution in [1.29, 1.82) is 0 Å². The zero-order valence-corrected chi connectivity index (χ0v) is 36.2. The molecule has 4 nitrogen and oxygen atoms in total. The van der Waals surface area contributed by atoms with Gasteiger partial charge in [-0.3, -0.25) is 4.79 Å². The van der Waals surface area contributed by atoms with Crippen molar-refractivity contribution in [3.8, 4) is 0 Å². The molecule has 0 aromatic carbocycles. The zero-order chi connectivity index (χ0) is 38.6. The van der Waals surface area contributed by atoms with E-state index in [2.05, 4.69) is 115 Å². The Morgan fingerprint density at radius 1 is 0.538 bits per heavy atom. The summed E-state index contributed by atoms with van der Waals surface area (Å²) in [6.45, 7) is 14.1. The van der Waals surface area contributed by atoms with Crippen LogP contribution in [0.4, 0.5) is 0 Å². The first-order valence-corrected chi connectivity index (χ1v) is 22.1. The van der Waals surface area contributed by atoms with Gasteiger partial charge in [0, 0.05) is 17.7 Å². The number of nitrogens with one attached hydrogen (secondary N) is 1. The zero-order valence-electron chi connectivity index (χ0n) is 36.2. The van der Waals surface area contributed by atoms with Crippen LogP contribution in [0.5, 0.6) is 0 Å². The highest BCUT2D eigenvalue weighted by Gasteiger charge is 2.35. The Morgan fingerprint density at radius 2 is 0.904 bits per heavy atom. The summed E-state index contributed by atoms with van der Waals surface area (Å²) >= 11 is 0. The number of nitrogens with zero attached hydrogens (tertiary/aromatic N) is 2. The molecule has 52 heavy (non-hydrogen) atoms. The molecule has 1 N–H and O–H groups in total. The molecule has 0 spiro atoms. The molecule has 0 bridgehead atoms. The first-order chi connectivity index (χ1) is 25.0. The number of unbranched alkanes of at least 4 members (excludes halogenated alkanes) is 18. The van der Waals surface area contributed by atoms with E-state index in [1.165, 1.54) is 147 Å². The Bertz CT molecular complexity index is 918. The van der Waals surface area contributed by atoms with E-state index < -0.39 is 5.41 Å². The second-order valence-electron chi connectivity index (χ2n) is 17.3. The van der Waals surface area contributed by atoms with Gasteiger partial charge in [-0.1, -0.05) is 167 Å². The summed E-state index contributed by atoms with van der Waals surface area (Å²) < 4.78 is 0. The maximum absolute atomic E-state index is 13.3. The Morgan fingerprint density at radius 3 is 1.29 bits per heavy atom. The second kappa shape index (κ2) is 34.8. The van der Waals surface area contributed by atoms with Gasteiger partial charge in [-0.05, 0) is 116 Å². The standard InChI is InChI=1S/C48H89N3O/c1-9-11-13-15-17-19-21-23-25-27-29-31-33-35-37-39-41-45(49-50-46(52)48(5,6)43-47(3,4)44-51(7)8)42-40-38-36-34-32-30-28-26-24-22-20-18-16-14-12-10-2/h17-20,23-26H,9-16,21-22,27-44H2,1-8H3,(H,50,52). The molecule has 0 aromatic heterocycles. The number of hydrazone groups is 1. The Labute approximate surface area is 325 Å². The lowest BCUT2D eigenvalue weighted by Gasteiger charge is -2.35. The molecule has 4 heteroatoms. The van der Waals surface area contributed by atoms with Crippen molar-refractivity contribution in [2.45, 2.75) is 215 Å². The second-order valence-corrected chi connectivity index (χ2v) is 17.3. The molecule has 0 fully saturated rings. The topological polar surface area (TPSA) is 44.7 Å². The lowest BCUT2D eigenvalue weighted by Crippen LogP contribution is -2.40. The van der Waals surface area contributed by atoms with Crippen LogP contribution >= 0.6 is 0 Å². The van der Waals surface area contributed by atoms with E-state index in [9.17, 15) is 4.79 Å². The maximum Gasteiger partial charge on any atom is 0.245 e. The van der Waals surface area contributed by atoms with Crippen molar-refractivity contribution >= 4 is 11.6 Å². The van der Waals surface area contributed by atoms with Crippen molar-refractivity contribution in [3.63, 3.8) is 0 Å². The first-order valence-electron chi connectivity index (χ1n) is 22.1. The quantitative estimate of drug-likeness (QED) is 0.0303. The summed E-state index contributed by atoms with van der Waals surface area (Å²) in [7, 11) is 4.21. The predicted octanol–water partition coefficient (Wildman–Crippen LogP) is 14.9. The number of rotatable bonds is 36. The van der Waals surface area contributed by atoms with Crippen LogP contribution in [-0.4, -0.2) is 37.2 Å². The molecule has 0 radical (unpaired) electrons. The number of carbonyl (C=O) groups is 1. The highest BCUT2D eigenvalue weighted by Crippen LogP contribution is 2.34. The summed E-state index contributed by atoms with van der Waals surface area (Å²) in [5.41, 5.74) is 3.80. The van der Waals surface area contributed by atoms with E-state index in [0.717, 1.165) is 38.6 Å². The smallest absolute Gasteiger partial charge is 0.245 e. The van der Waals surface area contributed by atoms with Gasteiger partial charge in [0.1, 0.15) is 0 Å². The minimum absolute atomic E-state index is 0.0472. The van der Waals surface area contributed by atoms with Crippen molar-refractivity contribution < 1.29 is 4.79 Å². The van der Waals surface area contributed by atoms with Crippen LogP contribution < -0.4 is 5.43 Å². The molecule has 0 heterocycles. The van der Waals surface area contributed by atoms with E-state index in [1.807, 2.05) is 0 Å². The number of hydrogen-bond donors (Lipinski definition) is 1. The van der Waals surface area contributed by atoms with Crippen LogP contribution in [0.15, 0.2) is 53.7 Å². The number of amides is 1. The van der Waals surface area contributed by atoms with Gasteiger partial charge in [-0.25, -0.2) is 5.43 Å². The van der Waals surface area contributed by atoms with Crippen molar-refractivity contribution in [3.05, 3.63) is 48.6 Å². The van der Waals surface area contributed by atoms with Gasteiger partial charge in [0.05, 0.1) is 0 Å². The third-order valence-electron chi connectivity index (χ3n) is 9.93. The van der Waals surface area contributed by atoms with Crippen LogP contribution in [0.25, 0.3) is 0 Å². The third kappa shape index (κ3) is 33.9. The highest BCUT2D eigenvalue weighted by molar-refractivity contribution is 5.87. The minimum Gasteiger partial charge on any atom is -0.309 e. The van der Waals surface area contributed by atoms with Gasteiger partial charge < -0.3 is 4.90 Å². The molecule has 0 atom stereocenters. The molecule has 0 aliphatic carbocycles. The average Bonchev–Trinajstić information content (AvgIpc) is 3.08.